The number of nitrogen functional groups attached to an aromatic ring is 1. The lowest BCUT2D eigenvalue weighted by Crippen LogP contribution is -2.05. The minimum absolute atomic E-state index is 0.305. The van der Waals surface area contributed by atoms with Crippen LogP contribution in [0.15, 0.2) is 18.3 Å². The van der Waals surface area contributed by atoms with E-state index in [0.29, 0.717) is 29.3 Å². The van der Waals surface area contributed by atoms with Crippen molar-refractivity contribution in [3.05, 3.63) is 29.6 Å². The molecule has 0 spiro atoms. The van der Waals surface area contributed by atoms with Crippen molar-refractivity contribution in [2.45, 2.75) is 13.3 Å². The molecule has 2 N–H and O–H groups in total. The van der Waals surface area contributed by atoms with Crippen molar-refractivity contribution < 1.29 is 0 Å². The molecule has 0 aliphatic rings. The molecule has 80 valence electrons. The van der Waals surface area contributed by atoms with Crippen molar-refractivity contribution in [3.63, 3.8) is 0 Å². The Morgan fingerprint density at radius 1 is 1.56 bits per heavy atom. The molecule has 0 unspecified atom stereocenters. The van der Waals surface area contributed by atoms with E-state index in [9.17, 15) is 0 Å². The summed E-state index contributed by atoms with van der Waals surface area (Å²) in [6, 6.07) is 5.52. The maximum atomic E-state index is 8.97. The summed E-state index contributed by atoms with van der Waals surface area (Å²) in [5, 5.41) is 20.8. The highest BCUT2D eigenvalue weighted by atomic mass is 15.4. The molecule has 2 rings (SSSR count). The third kappa shape index (κ3) is 1.48. The first-order valence-electron chi connectivity index (χ1n) is 4.83. The number of hydrogen-bond donors (Lipinski definition) is 1. The lowest BCUT2D eigenvalue weighted by Gasteiger charge is -2.00. The molecule has 0 fully saturated rings. The number of anilines is 1. The third-order valence-electron chi connectivity index (χ3n) is 2.22. The first kappa shape index (κ1) is 10.1. The summed E-state index contributed by atoms with van der Waals surface area (Å²) < 4.78 is 1.43. The summed E-state index contributed by atoms with van der Waals surface area (Å²) in [5.74, 6) is 0.816. The van der Waals surface area contributed by atoms with Gasteiger partial charge in [0.1, 0.15) is 17.5 Å². The predicted octanol–water partition coefficient (Wildman–Crippen LogP) is 0.679. The second-order valence-corrected chi connectivity index (χ2v) is 3.17. The van der Waals surface area contributed by atoms with Crippen molar-refractivity contribution in [2.24, 2.45) is 0 Å². The van der Waals surface area contributed by atoms with Gasteiger partial charge in [0.15, 0.2) is 5.82 Å². The molecule has 0 radical (unpaired) electrons. The molecule has 0 amide bonds. The Balaban J connectivity index is 2.60. The summed E-state index contributed by atoms with van der Waals surface area (Å²) in [4.78, 5) is 0. The quantitative estimate of drug-likeness (QED) is 0.793. The minimum atomic E-state index is 0.305. The highest BCUT2D eigenvalue weighted by Crippen LogP contribution is 2.18. The summed E-state index contributed by atoms with van der Waals surface area (Å²) >= 11 is 0. The van der Waals surface area contributed by atoms with Crippen LogP contribution >= 0.6 is 0 Å². The second-order valence-electron chi connectivity index (χ2n) is 3.17. The summed E-state index contributed by atoms with van der Waals surface area (Å²) in [5.41, 5.74) is 6.91. The number of hydrogen-bond acceptors (Lipinski definition) is 5. The van der Waals surface area contributed by atoms with Gasteiger partial charge in [0.25, 0.3) is 0 Å². The Labute approximate surface area is 92.3 Å². The van der Waals surface area contributed by atoms with Crippen molar-refractivity contribution >= 4 is 5.82 Å². The Bertz CT molecular complexity index is 536. The lowest BCUT2D eigenvalue weighted by molar-refractivity contribution is 0.799. The Kier molecular flexibility index (Phi) is 2.52. The van der Waals surface area contributed by atoms with Crippen LogP contribution in [0.4, 0.5) is 5.82 Å². The van der Waals surface area contributed by atoms with Crippen molar-refractivity contribution in [1.82, 2.24) is 20.0 Å². The zero-order valence-corrected chi connectivity index (χ0v) is 8.75. The Morgan fingerprint density at radius 3 is 2.88 bits per heavy atom. The first-order valence-corrected chi connectivity index (χ1v) is 4.83. The van der Waals surface area contributed by atoms with E-state index >= 15 is 0 Å². The van der Waals surface area contributed by atoms with Crippen LogP contribution in [-0.4, -0.2) is 20.0 Å². The fourth-order valence-electron chi connectivity index (χ4n) is 1.43. The SMILES string of the molecule is CCc1nn(-c2cccnn2)c(N)c1C#N. The van der Waals surface area contributed by atoms with Gasteiger partial charge in [0, 0.05) is 6.20 Å². The monoisotopic (exact) mass is 214 g/mol. The molecule has 0 saturated heterocycles. The van der Waals surface area contributed by atoms with Gasteiger partial charge in [-0.25, -0.2) is 0 Å². The van der Waals surface area contributed by atoms with Crippen molar-refractivity contribution in [3.8, 4) is 11.9 Å². The van der Waals surface area contributed by atoms with E-state index in [1.807, 2.05) is 13.0 Å². The standard InChI is InChI=1S/C10H10N6/c1-2-8-7(6-11)10(12)16(15-8)9-4-3-5-13-14-9/h3-5H,2,12H2,1H3. The van der Waals surface area contributed by atoms with Crippen LogP contribution in [0.25, 0.3) is 5.82 Å². The van der Waals surface area contributed by atoms with Crippen LogP contribution in [0.2, 0.25) is 0 Å². The topological polar surface area (TPSA) is 93.4 Å². The van der Waals surface area contributed by atoms with E-state index in [4.69, 9.17) is 11.0 Å². The first-order chi connectivity index (χ1) is 7.77. The van der Waals surface area contributed by atoms with Gasteiger partial charge in [-0.15, -0.1) is 5.10 Å². The smallest absolute Gasteiger partial charge is 0.178 e. The van der Waals surface area contributed by atoms with E-state index in [1.165, 1.54) is 4.68 Å². The summed E-state index contributed by atoms with van der Waals surface area (Å²) in [6.45, 7) is 1.92. The number of aryl methyl sites for hydroxylation is 1. The molecule has 2 heterocycles. The van der Waals surface area contributed by atoms with E-state index in [0.717, 1.165) is 0 Å². The van der Waals surface area contributed by atoms with Gasteiger partial charge in [-0.3, -0.25) is 0 Å². The van der Waals surface area contributed by atoms with Gasteiger partial charge in [-0.1, -0.05) is 6.92 Å². The number of nitrogens with zero attached hydrogens (tertiary/aromatic N) is 5. The Hall–Kier alpha value is -2.42. The molecular weight excluding hydrogens is 204 g/mol. The molecule has 6 nitrogen and oxygen atoms in total. The maximum Gasteiger partial charge on any atom is 0.178 e. The van der Waals surface area contributed by atoms with Gasteiger partial charge in [0.05, 0.1) is 5.69 Å². The number of rotatable bonds is 2. The molecule has 0 atom stereocenters. The maximum absolute atomic E-state index is 8.97. The molecule has 2 aromatic rings. The zero-order chi connectivity index (χ0) is 11.5. The largest absolute Gasteiger partial charge is 0.382 e. The summed E-state index contributed by atoms with van der Waals surface area (Å²) in [6.07, 6.45) is 2.22. The van der Waals surface area contributed by atoms with E-state index < -0.39 is 0 Å². The van der Waals surface area contributed by atoms with Gasteiger partial charge in [-0.2, -0.15) is 20.1 Å². The highest BCUT2D eigenvalue weighted by molar-refractivity contribution is 5.54. The number of nitrogens with two attached hydrogens (primary N) is 1. The molecule has 6 heteroatoms. The Morgan fingerprint density at radius 2 is 2.38 bits per heavy atom. The van der Waals surface area contributed by atoms with Gasteiger partial charge >= 0.3 is 0 Å². The second kappa shape index (κ2) is 3.98. The van der Waals surface area contributed by atoms with Gasteiger partial charge < -0.3 is 5.73 Å². The van der Waals surface area contributed by atoms with E-state index in [1.54, 1.807) is 18.3 Å². The third-order valence-corrected chi connectivity index (χ3v) is 2.22. The van der Waals surface area contributed by atoms with Gasteiger partial charge in [0.2, 0.25) is 0 Å². The number of aromatic nitrogens is 4. The van der Waals surface area contributed by atoms with Crippen LogP contribution in [-0.2, 0) is 6.42 Å². The molecule has 0 bridgehead atoms. The lowest BCUT2D eigenvalue weighted by atomic mass is 10.2. The van der Waals surface area contributed by atoms with Crippen LogP contribution in [0.3, 0.4) is 0 Å². The molecule has 16 heavy (non-hydrogen) atoms. The summed E-state index contributed by atoms with van der Waals surface area (Å²) in [7, 11) is 0. The van der Waals surface area contributed by atoms with Crippen molar-refractivity contribution in [1.29, 1.82) is 5.26 Å². The molecule has 2 aromatic heterocycles. The predicted molar refractivity (Wildman–Crippen MR) is 57.7 cm³/mol. The van der Waals surface area contributed by atoms with Crippen LogP contribution in [0, 0.1) is 11.3 Å². The molecule has 0 saturated carbocycles. The van der Waals surface area contributed by atoms with E-state index in [-0.39, 0.29) is 0 Å². The average molecular weight is 214 g/mol. The zero-order valence-electron chi connectivity index (χ0n) is 8.75. The van der Waals surface area contributed by atoms with Gasteiger partial charge in [-0.05, 0) is 18.6 Å². The average Bonchev–Trinajstić information content (AvgIpc) is 2.66. The number of nitriles is 1. The van der Waals surface area contributed by atoms with Crippen molar-refractivity contribution in [2.75, 3.05) is 5.73 Å². The fourth-order valence-corrected chi connectivity index (χ4v) is 1.43. The molecule has 0 aromatic carbocycles. The molecular formula is C10H10N6. The highest BCUT2D eigenvalue weighted by Gasteiger charge is 2.15. The van der Waals surface area contributed by atoms with Crippen LogP contribution in [0.1, 0.15) is 18.2 Å². The minimum Gasteiger partial charge on any atom is -0.382 e. The molecule has 0 aliphatic carbocycles. The van der Waals surface area contributed by atoms with Crippen LogP contribution < -0.4 is 5.73 Å². The van der Waals surface area contributed by atoms with E-state index in [2.05, 4.69) is 15.3 Å². The fraction of sp³-hybridized carbons (Fsp3) is 0.200. The molecule has 0 aliphatic heterocycles. The van der Waals surface area contributed by atoms with Crippen LogP contribution in [0.5, 0.6) is 0 Å². The normalized spacial score (nSPS) is 10.0.